The Morgan fingerprint density at radius 1 is 1.06 bits per heavy atom. The minimum absolute atomic E-state index is 0.730. The van der Waals surface area contributed by atoms with E-state index < -0.39 is 0 Å². The van der Waals surface area contributed by atoms with Gasteiger partial charge in [0.25, 0.3) is 0 Å². The summed E-state index contributed by atoms with van der Waals surface area (Å²) in [6, 6.07) is 8.21. The van der Waals surface area contributed by atoms with E-state index >= 15 is 0 Å². The van der Waals surface area contributed by atoms with E-state index in [4.69, 9.17) is 0 Å². The Morgan fingerprint density at radius 2 is 1.89 bits per heavy atom. The quantitative estimate of drug-likeness (QED) is 0.709. The van der Waals surface area contributed by atoms with Crippen LogP contribution < -0.4 is 0 Å². The molecule has 0 aliphatic rings. The number of para-hydroxylation sites is 1. The number of aromatic amines is 1. The first-order valence-electron chi connectivity index (χ1n) is 5.91. The number of hydrogen-bond acceptors (Lipinski definition) is 3. The van der Waals surface area contributed by atoms with Crippen molar-refractivity contribution in [3.63, 3.8) is 0 Å². The maximum atomic E-state index is 4.60. The number of hydrogen-bond donors (Lipinski definition) is 1. The van der Waals surface area contributed by atoms with E-state index in [2.05, 4.69) is 39.2 Å². The average molecular weight is 238 g/mol. The highest BCUT2D eigenvalue weighted by molar-refractivity contribution is 5.94. The molecule has 0 saturated heterocycles. The van der Waals surface area contributed by atoms with Crippen molar-refractivity contribution in [3.8, 4) is 11.4 Å². The van der Waals surface area contributed by atoms with E-state index in [-0.39, 0.29) is 0 Å². The van der Waals surface area contributed by atoms with Crippen molar-refractivity contribution in [3.05, 3.63) is 41.3 Å². The summed E-state index contributed by atoms with van der Waals surface area (Å²) in [6.07, 6.45) is 0. The van der Waals surface area contributed by atoms with E-state index in [9.17, 15) is 0 Å². The van der Waals surface area contributed by atoms with Gasteiger partial charge in [-0.1, -0.05) is 18.2 Å². The van der Waals surface area contributed by atoms with Crippen LogP contribution in [-0.4, -0.2) is 20.2 Å². The summed E-state index contributed by atoms with van der Waals surface area (Å²) in [6.45, 7) is 5.97. The molecule has 4 heteroatoms. The molecule has 0 aliphatic carbocycles. The maximum Gasteiger partial charge on any atom is 0.181 e. The lowest BCUT2D eigenvalue weighted by Crippen LogP contribution is -1.92. The molecule has 0 aliphatic heterocycles. The van der Waals surface area contributed by atoms with Gasteiger partial charge < -0.3 is 0 Å². The molecule has 1 N–H and O–H groups in total. The molecule has 0 bridgehead atoms. The van der Waals surface area contributed by atoms with Crippen LogP contribution in [0.25, 0.3) is 22.3 Å². The number of benzene rings is 1. The van der Waals surface area contributed by atoms with Gasteiger partial charge in [0.2, 0.25) is 0 Å². The normalized spacial score (nSPS) is 11.1. The first kappa shape index (κ1) is 10.9. The third-order valence-electron chi connectivity index (χ3n) is 3.01. The van der Waals surface area contributed by atoms with Gasteiger partial charge in [0, 0.05) is 16.6 Å². The van der Waals surface area contributed by atoms with Crippen molar-refractivity contribution in [1.82, 2.24) is 20.2 Å². The molecular formula is C14H14N4. The summed E-state index contributed by atoms with van der Waals surface area (Å²) in [4.78, 5) is 9.01. The maximum absolute atomic E-state index is 4.60. The van der Waals surface area contributed by atoms with Crippen LogP contribution in [-0.2, 0) is 0 Å². The van der Waals surface area contributed by atoms with Gasteiger partial charge in [0.15, 0.2) is 5.82 Å². The van der Waals surface area contributed by atoms with Gasteiger partial charge >= 0.3 is 0 Å². The summed E-state index contributed by atoms with van der Waals surface area (Å²) in [5, 5.41) is 8.22. The fourth-order valence-corrected chi connectivity index (χ4v) is 2.17. The number of fused-ring (bicyclic) bond motifs is 1. The molecule has 18 heavy (non-hydrogen) atoms. The molecule has 0 fully saturated rings. The van der Waals surface area contributed by atoms with Crippen molar-refractivity contribution in [2.45, 2.75) is 20.8 Å². The van der Waals surface area contributed by atoms with Crippen LogP contribution in [0.15, 0.2) is 24.3 Å². The van der Waals surface area contributed by atoms with E-state index in [1.807, 2.05) is 26.0 Å². The predicted molar refractivity (Wildman–Crippen MR) is 71.3 cm³/mol. The molecule has 3 rings (SSSR count). The summed E-state index contributed by atoms with van der Waals surface area (Å²) >= 11 is 0. The van der Waals surface area contributed by atoms with Crippen molar-refractivity contribution < 1.29 is 0 Å². The predicted octanol–water partition coefficient (Wildman–Crippen LogP) is 2.95. The van der Waals surface area contributed by atoms with E-state index in [1.54, 1.807) is 0 Å². The highest BCUT2D eigenvalue weighted by atomic mass is 15.2. The third kappa shape index (κ3) is 1.66. The Morgan fingerprint density at radius 3 is 2.61 bits per heavy atom. The van der Waals surface area contributed by atoms with Gasteiger partial charge in [-0.3, -0.25) is 10.1 Å². The molecule has 0 spiro atoms. The fourth-order valence-electron chi connectivity index (χ4n) is 2.17. The highest BCUT2D eigenvalue weighted by Gasteiger charge is 2.11. The van der Waals surface area contributed by atoms with Gasteiger partial charge in [-0.25, -0.2) is 4.98 Å². The number of nitrogens with zero attached hydrogens (tertiary/aromatic N) is 3. The molecule has 3 aromatic rings. The number of aromatic nitrogens is 4. The molecule has 0 amide bonds. The largest absolute Gasteiger partial charge is 0.263 e. The molecule has 0 saturated carbocycles. The molecule has 90 valence electrons. The minimum Gasteiger partial charge on any atom is -0.263 e. The van der Waals surface area contributed by atoms with Gasteiger partial charge in [-0.15, -0.1) is 0 Å². The van der Waals surface area contributed by atoms with Crippen molar-refractivity contribution in [2.24, 2.45) is 0 Å². The van der Waals surface area contributed by atoms with Crippen LogP contribution >= 0.6 is 0 Å². The molecule has 2 aromatic heterocycles. The first-order chi connectivity index (χ1) is 8.65. The van der Waals surface area contributed by atoms with Crippen LogP contribution in [0.5, 0.6) is 0 Å². The molecule has 0 radical (unpaired) electrons. The molecule has 0 atom stereocenters. The van der Waals surface area contributed by atoms with Gasteiger partial charge in [0.1, 0.15) is 5.82 Å². The monoisotopic (exact) mass is 238 g/mol. The second kappa shape index (κ2) is 3.91. The Balaban J connectivity index is 2.38. The second-order valence-corrected chi connectivity index (χ2v) is 4.53. The fraction of sp³-hybridized carbons (Fsp3) is 0.214. The van der Waals surface area contributed by atoms with Gasteiger partial charge in [-0.05, 0) is 32.4 Å². The van der Waals surface area contributed by atoms with Crippen LogP contribution in [0.3, 0.4) is 0 Å². The summed E-state index contributed by atoms with van der Waals surface area (Å²) < 4.78 is 0. The molecular weight excluding hydrogens is 224 g/mol. The molecule has 2 heterocycles. The Kier molecular flexibility index (Phi) is 2.37. The van der Waals surface area contributed by atoms with Crippen molar-refractivity contribution in [1.29, 1.82) is 0 Å². The lowest BCUT2D eigenvalue weighted by molar-refractivity contribution is 1.04. The van der Waals surface area contributed by atoms with E-state index in [1.165, 1.54) is 5.56 Å². The standard InChI is InChI=1S/C14H14N4/c1-8-5-4-6-11-12(7-9(2)15-13(8)11)14-16-10(3)17-18-14/h4-7H,1-3H3,(H,16,17,18). The van der Waals surface area contributed by atoms with E-state index in [0.717, 1.165) is 33.8 Å². The van der Waals surface area contributed by atoms with Gasteiger partial charge in [0.05, 0.1) is 5.52 Å². The zero-order valence-electron chi connectivity index (χ0n) is 10.7. The molecule has 0 unspecified atom stereocenters. The SMILES string of the molecule is Cc1cc(-c2n[nH]c(C)n2)c2cccc(C)c2n1. The number of nitrogens with one attached hydrogen (secondary N) is 1. The topological polar surface area (TPSA) is 54.5 Å². The highest BCUT2D eigenvalue weighted by Crippen LogP contribution is 2.27. The smallest absolute Gasteiger partial charge is 0.181 e. The minimum atomic E-state index is 0.730. The number of H-pyrrole nitrogens is 1. The molecule has 1 aromatic carbocycles. The summed E-state index contributed by atoms with van der Waals surface area (Å²) in [7, 11) is 0. The van der Waals surface area contributed by atoms with E-state index in [0.29, 0.717) is 0 Å². The van der Waals surface area contributed by atoms with Crippen LogP contribution in [0.1, 0.15) is 17.1 Å². The zero-order chi connectivity index (χ0) is 12.7. The van der Waals surface area contributed by atoms with Crippen LogP contribution in [0.2, 0.25) is 0 Å². The zero-order valence-corrected chi connectivity index (χ0v) is 10.7. The summed E-state index contributed by atoms with van der Waals surface area (Å²) in [5.41, 5.74) is 4.21. The Hall–Kier alpha value is -2.23. The third-order valence-corrected chi connectivity index (χ3v) is 3.01. The second-order valence-electron chi connectivity index (χ2n) is 4.53. The van der Waals surface area contributed by atoms with Crippen molar-refractivity contribution >= 4 is 10.9 Å². The van der Waals surface area contributed by atoms with Crippen LogP contribution in [0.4, 0.5) is 0 Å². The first-order valence-corrected chi connectivity index (χ1v) is 5.91. The van der Waals surface area contributed by atoms with Crippen LogP contribution in [0, 0.1) is 20.8 Å². The Labute approximate surface area is 105 Å². The lowest BCUT2D eigenvalue weighted by Gasteiger charge is -2.06. The van der Waals surface area contributed by atoms with Crippen molar-refractivity contribution in [2.75, 3.05) is 0 Å². The Bertz CT molecular complexity index is 728. The summed E-state index contributed by atoms with van der Waals surface area (Å²) in [5.74, 6) is 1.55. The number of rotatable bonds is 1. The average Bonchev–Trinajstić information content (AvgIpc) is 2.76. The molecule has 4 nitrogen and oxygen atoms in total. The van der Waals surface area contributed by atoms with Gasteiger partial charge in [-0.2, -0.15) is 5.10 Å². The number of pyridine rings is 1. The lowest BCUT2D eigenvalue weighted by atomic mass is 10.0. The number of aryl methyl sites for hydroxylation is 3.